The van der Waals surface area contributed by atoms with Gasteiger partial charge < -0.3 is 0 Å². The van der Waals surface area contributed by atoms with Gasteiger partial charge in [-0.3, -0.25) is 0 Å². The summed E-state index contributed by atoms with van der Waals surface area (Å²) in [6, 6.07) is 0. The van der Waals surface area contributed by atoms with Crippen molar-refractivity contribution in [3.63, 3.8) is 0 Å². The van der Waals surface area contributed by atoms with Crippen LogP contribution in [0, 0.1) is 11.8 Å². The van der Waals surface area contributed by atoms with Crippen LogP contribution in [0.15, 0.2) is 0 Å². The summed E-state index contributed by atoms with van der Waals surface area (Å²) in [5, 5.41) is 1.11. The van der Waals surface area contributed by atoms with Crippen LogP contribution in [0.25, 0.3) is 0 Å². The molecule has 0 spiro atoms. The van der Waals surface area contributed by atoms with Crippen molar-refractivity contribution in [3.05, 3.63) is 0 Å². The molecule has 10 heavy (non-hydrogen) atoms. The van der Waals surface area contributed by atoms with Gasteiger partial charge in [-0.05, 0) is 18.3 Å². The normalized spacial score (nSPS) is 17.4. The molecule has 0 saturated heterocycles. The van der Waals surface area contributed by atoms with Gasteiger partial charge in [0.15, 0.2) is 0 Å². The van der Waals surface area contributed by atoms with Crippen molar-refractivity contribution in [1.82, 2.24) is 0 Å². The molecule has 2 atom stereocenters. The molecule has 0 aliphatic carbocycles. The van der Waals surface area contributed by atoms with E-state index in [1.165, 1.54) is 6.42 Å². The topological polar surface area (TPSA) is 0 Å². The van der Waals surface area contributed by atoms with E-state index in [9.17, 15) is 0 Å². The Balaban J connectivity index is 3.60. The molecule has 0 saturated carbocycles. The Hall–Kier alpha value is 0.960. The van der Waals surface area contributed by atoms with Gasteiger partial charge >= 0.3 is 0 Å². The van der Waals surface area contributed by atoms with Crippen LogP contribution in [0.4, 0.5) is 0 Å². The van der Waals surface area contributed by atoms with E-state index in [0.29, 0.717) is 4.83 Å². The number of hydrogen-bond donors (Lipinski definition) is 0. The van der Waals surface area contributed by atoms with Crippen LogP contribution in [-0.4, -0.2) is 10.2 Å². The summed E-state index contributed by atoms with van der Waals surface area (Å²) in [4.78, 5) is 0.634. The van der Waals surface area contributed by atoms with Crippen molar-refractivity contribution in [2.75, 3.05) is 5.33 Å². The second-order valence-corrected chi connectivity index (χ2v) is 5.31. The Kier molecular flexibility index (Phi) is 6.13. The van der Waals surface area contributed by atoms with Gasteiger partial charge in [0, 0.05) is 10.2 Å². The van der Waals surface area contributed by atoms with E-state index in [2.05, 4.69) is 52.6 Å². The van der Waals surface area contributed by atoms with Gasteiger partial charge in [-0.1, -0.05) is 52.6 Å². The van der Waals surface area contributed by atoms with E-state index in [0.717, 1.165) is 17.2 Å². The van der Waals surface area contributed by atoms with Gasteiger partial charge in [0.1, 0.15) is 0 Å². The van der Waals surface area contributed by atoms with Crippen molar-refractivity contribution in [2.24, 2.45) is 11.8 Å². The maximum absolute atomic E-state index is 3.60. The average Bonchev–Trinajstić information content (AvgIpc) is 1.81. The highest BCUT2D eigenvalue weighted by Gasteiger charge is 2.13. The minimum atomic E-state index is 0.634. The third kappa shape index (κ3) is 4.73. The lowest BCUT2D eigenvalue weighted by atomic mass is 9.97. The van der Waals surface area contributed by atoms with E-state index in [1.807, 2.05) is 0 Å². The highest BCUT2D eigenvalue weighted by Crippen LogP contribution is 2.22. The molecule has 0 N–H and O–H groups in total. The SMILES string of the molecule is CC(C)CC(CBr)C(C)Br. The Morgan fingerprint density at radius 3 is 1.80 bits per heavy atom. The van der Waals surface area contributed by atoms with Crippen molar-refractivity contribution >= 4 is 31.9 Å². The zero-order valence-corrected chi connectivity index (χ0v) is 10.1. The second kappa shape index (κ2) is 5.59. The quantitative estimate of drug-likeness (QED) is 0.682. The molecule has 2 unspecified atom stereocenters. The van der Waals surface area contributed by atoms with E-state index in [4.69, 9.17) is 0 Å². The smallest absolute Gasteiger partial charge is 0.0153 e. The molecular weight excluding hydrogens is 256 g/mol. The number of hydrogen-bond acceptors (Lipinski definition) is 0. The highest BCUT2D eigenvalue weighted by atomic mass is 79.9. The molecule has 0 rings (SSSR count). The zero-order chi connectivity index (χ0) is 8.15. The standard InChI is InChI=1S/C8H16Br2/c1-6(2)4-8(5-9)7(3)10/h6-8H,4-5H2,1-3H3. The molecule has 0 aliphatic heterocycles. The molecular formula is C8H16Br2. The molecule has 0 heterocycles. The van der Waals surface area contributed by atoms with Gasteiger partial charge in [0.2, 0.25) is 0 Å². The molecule has 0 aromatic carbocycles. The Bertz CT molecular complexity index is 79.3. The fraction of sp³-hybridized carbons (Fsp3) is 1.00. The van der Waals surface area contributed by atoms with Crippen molar-refractivity contribution in [1.29, 1.82) is 0 Å². The summed E-state index contributed by atoms with van der Waals surface area (Å²) in [5.74, 6) is 1.59. The molecule has 0 amide bonds. The van der Waals surface area contributed by atoms with E-state index < -0.39 is 0 Å². The summed E-state index contributed by atoms with van der Waals surface area (Å²) >= 11 is 7.11. The third-order valence-corrected chi connectivity index (χ3v) is 3.20. The molecule has 0 nitrogen and oxygen atoms in total. The lowest BCUT2D eigenvalue weighted by molar-refractivity contribution is 0.448. The summed E-state index contributed by atoms with van der Waals surface area (Å²) in [7, 11) is 0. The Morgan fingerprint density at radius 2 is 1.70 bits per heavy atom. The van der Waals surface area contributed by atoms with Crippen LogP contribution in [0.3, 0.4) is 0 Å². The third-order valence-electron chi connectivity index (χ3n) is 1.62. The van der Waals surface area contributed by atoms with Gasteiger partial charge in [0.05, 0.1) is 0 Å². The molecule has 0 fully saturated rings. The lowest BCUT2D eigenvalue weighted by Gasteiger charge is -2.18. The number of alkyl halides is 2. The summed E-state index contributed by atoms with van der Waals surface area (Å²) in [6.07, 6.45) is 1.30. The minimum Gasteiger partial charge on any atom is -0.0925 e. The second-order valence-electron chi connectivity index (χ2n) is 3.22. The molecule has 0 bridgehead atoms. The maximum atomic E-state index is 3.60. The van der Waals surface area contributed by atoms with E-state index in [-0.39, 0.29) is 0 Å². The number of halogens is 2. The predicted octanol–water partition coefficient (Wildman–Crippen LogP) is 3.83. The van der Waals surface area contributed by atoms with Gasteiger partial charge in [-0.25, -0.2) is 0 Å². The van der Waals surface area contributed by atoms with E-state index in [1.54, 1.807) is 0 Å². The van der Waals surface area contributed by atoms with Gasteiger partial charge in [-0.15, -0.1) is 0 Å². The van der Waals surface area contributed by atoms with Crippen molar-refractivity contribution < 1.29 is 0 Å². The minimum absolute atomic E-state index is 0.634. The molecule has 0 aliphatic rings. The van der Waals surface area contributed by atoms with E-state index >= 15 is 0 Å². The maximum Gasteiger partial charge on any atom is 0.0153 e. The molecule has 0 aromatic rings. The summed E-state index contributed by atoms with van der Waals surface area (Å²) < 4.78 is 0. The molecule has 0 radical (unpaired) electrons. The molecule has 0 aromatic heterocycles. The largest absolute Gasteiger partial charge is 0.0925 e. The fourth-order valence-corrected chi connectivity index (χ4v) is 2.71. The lowest BCUT2D eigenvalue weighted by Crippen LogP contribution is -2.14. The van der Waals surface area contributed by atoms with Crippen molar-refractivity contribution in [3.8, 4) is 0 Å². The first kappa shape index (κ1) is 11.0. The Labute approximate surface area is 81.0 Å². The monoisotopic (exact) mass is 270 g/mol. The molecule has 2 heteroatoms. The Morgan fingerprint density at radius 1 is 1.20 bits per heavy atom. The first-order chi connectivity index (χ1) is 4.57. The number of rotatable bonds is 4. The summed E-state index contributed by atoms with van der Waals surface area (Å²) in [6.45, 7) is 6.75. The first-order valence-electron chi connectivity index (χ1n) is 3.78. The average molecular weight is 272 g/mol. The van der Waals surface area contributed by atoms with Crippen LogP contribution in [0.5, 0.6) is 0 Å². The van der Waals surface area contributed by atoms with Gasteiger partial charge in [0.25, 0.3) is 0 Å². The molecule has 62 valence electrons. The van der Waals surface area contributed by atoms with Crippen LogP contribution in [0.2, 0.25) is 0 Å². The van der Waals surface area contributed by atoms with Crippen molar-refractivity contribution in [2.45, 2.75) is 32.0 Å². The van der Waals surface area contributed by atoms with Crippen LogP contribution >= 0.6 is 31.9 Å². The van der Waals surface area contributed by atoms with Gasteiger partial charge in [-0.2, -0.15) is 0 Å². The van der Waals surface area contributed by atoms with Crippen LogP contribution < -0.4 is 0 Å². The highest BCUT2D eigenvalue weighted by molar-refractivity contribution is 9.10. The fourth-order valence-electron chi connectivity index (χ4n) is 0.979. The van der Waals surface area contributed by atoms with Crippen LogP contribution in [0.1, 0.15) is 27.2 Å². The predicted molar refractivity (Wildman–Crippen MR) is 55.1 cm³/mol. The first-order valence-corrected chi connectivity index (χ1v) is 5.81. The zero-order valence-electron chi connectivity index (χ0n) is 6.90. The summed E-state index contributed by atoms with van der Waals surface area (Å²) in [5.41, 5.74) is 0. The van der Waals surface area contributed by atoms with Crippen LogP contribution in [-0.2, 0) is 0 Å².